The molecule has 0 aromatic carbocycles. The lowest BCUT2D eigenvalue weighted by Crippen LogP contribution is -2.28. The van der Waals surface area contributed by atoms with Crippen molar-refractivity contribution >= 4 is 5.91 Å². The van der Waals surface area contributed by atoms with Crippen LogP contribution in [0.1, 0.15) is 45.2 Å². The van der Waals surface area contributed by atoms with Crippen LogP contribution in [0.15, 0.2) is 18.5 Å². The van der Waals surface area contributed by atoms with E-state index in [2.05, 4.69) is 26.1 Å². The number of nitrogens with zero attached hydrogens (tertiary/aromatic N) is 1. The first-order valence-corrected chi connectivity index (χ1v) is 6.70. The van der Waals surface area contributed by atoms with Crippen LogP contribution in [0.4, 0.5) is 0 Å². The molecule has 0 aliphatic carbocycles. The van der Waals surface area contributed by atoms with Gasteiger partial charge < -0.3 is 15.6 Å². The number of carbonyl (C=O) groups excluding carboxylic acids is 1. The summed E-state index contributed by atoms with van der Waals surface area (Å²) in [4.78, 5) is 11.7. The average Bonchev–Trinajstić information content (AvgIpc) is 2.76. The third-order valence-corrected chi connectivity index (χ3v) is 3.01. The Hall–Kier alpha value is -1.29. The van der Waals surface area contributed by atoms with Gasteiger partial charge in [0.1, 0.15) is 6.54 Å². The van der Waals surface area contributed by atoms with Crippen molar-refractivity contribution in [3.63, 3.8) is 0 Å². The molecule has 3 N–H and O–H groups in total. The van der Waals surface area contributed by atoms with E-state index in [0.717, 1.165) is 24.9 Å². The molecular formula is C14H25N3O. The van der Waals surface area contributed by atoms with Crippen molar-refractivity contribution in [1.82, 2.24) is 9.88 Å². The zero-order valence-corrected chi connectivity index (χ0v) is 11.6. The highest BCUT2D eigenvalue weighted by molar-refractivity contribution is 5.75. The van der Waals surface area contributed by atoms with E-state index in [0.29, 0.717) is 12.5 Å². The van der Waals surface area contributed by atoms with E-state index in [1.165, 1.54) is 0 Å². The lowest BCUT2D eigenvalue weighted by molar-refractivity contribution is -0.121. The second-order valence-electron chi connectivity index (χ2n) is 5.16. The number of hydrogen-bond acceptors (Lipinski definition) is 2. The van der Waals surface area contributed by atoms with E-state index in [1.807, 2.05) is 23.0 Å². The van der Waals surface area contributed by atoms with Crippen LogP contribution in [0.3, 0.4) is 0 Å². The molecule has 0 bridgehead atoms. The van der Waals surface area contributed by atoms with Crippen LogP contribution < -0.4 is 11.1 Å². The van der Waals surface area contributed by atoms with Gasteiger partial charge in [-0.2, -0.15) is 0 Å². The molecule has 0 radical (unpaired) electrons. The maximum Gasteiger partial charge on any atom is 0.239 e. The summed E-state index contributed by atoms with van der Waals surface area (Å²) < 4.78 is 1.88. The maximum absolute atomic E-state index is 11.7. The molecule has 1 aromatic heterocycles. The normalized spacial score (nSPS) is 12.7. The molecule has 0 spiro atoms. The van der Waals surface area contributed by atoms with Crippen molar-refractivity contribution in [2.24, 2.45) is 11.7 Å². The van der Waals surface area contributed by atoms with Crippen LogP contribution in [-0.4, -0.2) is 17.0 Å². The molecule has 0 aliphatic heterocycles. The second-order valence-corrected chi connectivity index (χ2v) is 5.16. The average molecular weight is 251 g/mol. The van der Waals surface area contributed by atoms with E-state index >= 15 is 0 Å². The van der Waals surface area contributed by atoms with Crippen LogP contribution in [-0.2, 0) is 11.3 Å². The Labute approximate surface area is 110 Å². The van der Waals surface area contributed by atoms with Gasteiger partial charge in [-0.05, 0) is 30.4 Å². The largest absolute Gasteiger partial charge is 0.355 e. The Morgan fingerprint density at radius 1 is 1.50 bits per heavy atom. The van der Waals surface area contributed by atoms with Crippen molar-refractivity contribution in [3.05, 3.63) is 24.0 Å². The number of carbonyl (C=O) groups is 1. The van der Waals surface area contributed by atoms with Crippen molar-refractivity contribution in [2.45, 2.75) is 46.2 Å². The van der Waals surface area contributed by atoms with Gasteiger partial charge in [-0.1, -0.05) is 20.8 Å². The predicted molar refractivity (Wildman–Crippen MR) is 74.1 cm³/mol. The van der Waals surface area contributed by atoms with Gasteiger partial charge in [0.15, 0.2) is 0 Å². The molecule has 4 nitrogen and oxygen atoms in total. The van der Waals surface area contributed by atoms with Crippen LogP contribution in [0.2, 0.25) is 0 Å². The van der Waals surface area contributed by atoms with E-state index < -0.39 is 0 Å². The van der Waals surface area contributed by atoms with Crippen LogP contribution in [0, 0.1) is 5.92 Å². The van der Waals surface area contributed by atoms with E-state index in [9.17, 15) is 4.79 Å². The summed E-state index contributed by atoms with van der Waals surface area (Å²) >= 11 is 0. The molecule has 1 atom stereocenters. The Bertz CT molecular complexity index is 371. The number of amides is 1. The third kappa shape index (κ3) is 4.92. The smallest absolute Gasteiger partial charge is 0.239 e. The summed E-state index contributed by atoms with van der Waals surface area (Å²) in [5.41, 5.74) is 7.03. The molecule has 1 rings (SSSR count). The molecule has 1 aromatic rings. The van der Waals surface area contributed by atoms with E-state index in [1.54, 1.807) is 0 Å². The molecular weight excluding hydrogens is 226 g/mol. The van der Waals surface area contributed by atoms with Crippen molar-refractivity contribution in [1.29, 1.82) is 0 Å². The molecule has 0 saturated heterocycles. The summed E-state index contributed by atoms with van der Waals surface area (Å²) in [7, 11) is 0. The molecule has 1 unspecified atom stereocenters. The lowest BCUT2D eigenvalue weighted by atomic mass is 10.1. The summed E-state index contributed by atoms with van der Waals surface area (Å²) in [5, 5.41) is 2.92. The van der Waals surface area contributed by atoms with Gasteiger partial charge in [0, 0.05) is 25.0 Å². The zero-order chi connectivity index (χ0) is 13.5. The number of nitrogens with one attached hydrogen (secondary N) is 1. The van der Waals surface area contributed by atoms with Crippen molar-refractivity contribution < 1.29 is 4.79 Å². The second kappa shape index (κ2) is 7.21. The number of nitrogens with two attached hydrogens (primary N) is 1. The van der Waals surface area contributed by atoms with E-state index in [-0.39, 0.29) is 11.9 Å². The van der Waals surface area contributed by atoms with Gasteiger partial charge in [0.2, 0.25) is 5.91 Å². The SMILES string of the molecule is CCC(N)c1ccn(CC(=O)NCCC(C)C)c1. The molecule has 102 valence electrons. The van der Waals surface area contributed by atoms with Gasteiger partial charge in [0.25, 0.3) is 0 Å². The molecule has 4 heteroatoms. The van der Waals surface area contributed by atoms with Crippen LogP contribution in [0.5, 0.6) is 0 Å². The fourth-order valence-corrected chi connectivity index (χ4v) is 1.73. The van der Waals surface area contributed by atoms with Gasteiger partial charge in [0.05, 0.1) is 0 Å². The van der Waals surface area contributed by atoms with Crippen LogP contribution in [0.25, 0.3) is 0 Å². The predicted octanol–water partition coefficient (Wildman–Crippen LogP) is 2.06. The summed E-state index contributed by atoms with van der Waals surface area (Å²) in [6, 6.07) is 2.05. The highest BCUT2D eigenvalue weighted by Gasteiger charge is 2.07. The Morgan fingerprint density at radius 3 is 2.83 bits per heavy atom. The number of aromatic nitrogens is 1. The minimum atomic E-state index is 0.0582. The topological polar surface area (TPSA) is 60.0 Å². The Morgan fingerprint density at radius 2 is 2.22 bits per heavy atom. The zero-order valence-electron chi connectivity index (χ0n) is 11.6. The number of rotatable bonds is 7. The maximum atomic E-state index is 11.7. The Balaban J connectivity index is 2.38. The van der Waals surface area contributed by atoms with Crippen molar-refractivity contribution in [3.8, 4) is 0 Å². The molecule has 18 heavy (non-hydrogen) atoms. The first-order chi connectivity index (χ1) is 8.52. The molecule has 0 aliphatic rings. The monoisotopic (exact) mass is 251 g/mol. The standard InChI is InChI=1S/C14H25N3O/c1-4-13(15)12-6-8-17(9-12)10-14(18)16-7-5-11(2)3/h6,8-9,11,13H,4-5,7,10,15H2,1-3H3,(H,16,18). The summed E-state index contributed by atoms with van der Waals surface area (Å²) in [6.07, 6.45) is 5.79. The van der Waals surface area contributed by atoms with Crippen molar-refractivity contribution in [2.75, 3.05) is 6.54 Å². The van der Waals surface area contributed by atoms with Gasteiger partial charge >= 0.3 is 0 Å². The fraction of sp³-hybridized carbons (Fsp3) is 0.643. The third-order valence-electron chi connectivity index (χ3n) is 3.01. The highest BCUT2D eigenvalue weighted by atomic mass is 16.1. The molecule has 1 heterocycles. The molecule has 0 saturated carbocycles. The minimum absolute atomic E-state index is 0.0582. The number of hydrogen-bond donors (Lipinski definition) is 2. The summed E-state index contributed by atoms with van der Waals surface area (Å²) in [5.74, 6) is 0.675. The van der Waals surface area contributed by atoms with Gasteiger partial charge in [-0.3, -0.25) is 4.79 Å². The molecule has 1 amide bonds. The first kappa shape index (κ1) is 14.8. The van der Waals surface area contributed by atoms with E-state index in [4.69, 9.17) is 5.73 Å². The van der Waals surface area contributed by atoms with Crippen LogP contribution >= 0.6 is 0 Å². The fourth-order valence-electron chi connectivity index (χ4n) is 1.73. The summed E-state index contributed by atoms with van der Waals surface area (Å²) in [6.45, 7) is 7.47. The highest BCUT2D eigenvalue weighted by Crippen LogP contribution is 2.13. The minimum Gasteiger partial charge on any atom is -0.355 e. The molecule has 0 fully saturated rings. The first-order valence-electron chi connectivity index (χ1n) is 6.70. The Kier molecular flexibility index (Phi) is 5.92. The quantitative estimate of drug-likeness (QED) is 0.779. The van der Waals surface area contributed by atoms with Gasteiger partial charge in [-0.15, -0.1) is 0 Å². The van der Waals surface area contributed by atoms with Gasteiger partial charge in [-0.25, -0.2) is 0 Å². The lowest BCUT2D eigenvalue weighted by Gasteiger charge is -2.08.